The summed E-state index contributed by atoms with van der Waals surface area (Å²) in [4.78, 5) is 46.5. The van der Waals surface area contributed by atoms with E-state index in [1.165, 1.54) is 36.5 Å². The molecular weight excluding hydrogens is 608 g/mol. The van der Waals surface area contributed by atoms with Gasteiger partial charge in [-0.15, -0.1) is 0 Å². The fraction of sp³-hybridized carbons (Fsp3) is 0.600. The van der Waals surface area contributed by atoms with Gasteiger partial charge in [-0.3, -0.25) is 19.2 Å². The maximum Gasteiger partial charge on any atom is 0.310 e. The zero-order valence-corrected chi connectivity index (χ0v) is 30.4. The molecule has 0 amide bonds. The summed E-state index contributed by atoms with van der Waals surface area (Å²) in [7, 11) is 2.87. The summed E-state index contributed by atoms with van der Waals surface area (Å²) in [5.74, 6) is 0.437. The summed E-state index contributed by atoms with van der Waals surface area (Å²) in [6.45, 7) is 11.3. The van der Waals surface area contributed by atoms with Gasteiger partial charge >= 0.3 is 23.9 Å². The quantitative estimate of drug-likeness (QED) is 0.193. The molecule has 8 nitrogen and oxygen atoms in total. The third kappa shape index (κ3) is 13.8. The summed E-state index contributed by atoms with van der Waals surface area (Å²) in [6, 6.07) is 12.6. The van der Waals surface area contributed by atoms with E-state index in [1.54, 1.807) is 0 Å². The van der Waals surface area contributed by atoms with Crippen LogP contribution in [0.2, 0.25) is 0 Å². The average molecular weight is 665 g/mol. The Morgan fingerprint density at radius 2 is 0.958 bits per heavy atom. The lowest BCUT2D eigenvalue weighted by Gasteiger charge is -2.25. The number of esters is 4. The first-order valence-corrected chi connectivity index (χ1v) is 17.3. The molecule has 0 saturated heterocycles. The van der Waals surface area contributed by atoms with Gasteiger partial charge in [0.25, 0.3) is 0 Å². The van der Waals surface area contributed by atoms with E-state index < -0.39 is 11.2 Å². The van der Waals surface area contributed by atoms with Gasteiger partial charge in [0.1, 0.15) is 11.2 Å². The number of fused-ring (bicyclic) bond motifs is 2. The monoisotopic (exact) mass is 664 g/mol. The molecule has 48 heavy (non-hydrogen) atoms. The molecule has 0 unspecified atom stereocenters. The SMILES string of the molecule is COC(=O)CC[C@@H]1CCc2cc(CC(=O)OC(C)(C)C)ccc2C1.COC(=O)CC[C@H]1CCc2cc(CC(=O)OC(C)(C)C)ccc2C1. The first kappa shape index (κ1) is 38.8. The van der Waals surface area contributed by atoms with Crippen LogP contribution in [0.25, 0.3) is 0 Å². The van der Waals surface area contributed by atoms with Gasteiger partial charge in [0, 0.05) is 12.8 Å². The van der Waals surface area contributed by atoms with Crippen molar-refractivity contribution in [3.05, 3.63) is 69.8 Å². The molecule has 2 atom stereocenters. The molecule has 0 aromatic heterocycles. The van der Waals surface area contributed by atoms with Crippen molar-refractivity contribution in [1.82, 2.24) is 0 Å². The van der Waals surface area contributed by atoms with Crippen molar-refractivity contribution >= 4 is 23.9 Å². The zero-order chi connectivity index (χ0) is 35.5. The second-order valence-corrected chi connectivity index (χ2v) is 15.2. The van der Waals surface area contributed by atoms with Crippen LogP contribution in [-0.4, -0.2) is 49.3 Å². The highest BCUT2D eigenvalue weighted by molar-refractivity contribution is 5.74. The van der Waals surface area contributed by atoms with Crippen LogP contribution < -0.4 is 0 Å². The third-order valence-electron chi connectivity index (χ3n) is 8.71. The van der Waals surface area contributed by atoms with Crippen LogP contribution in [-0.2, 0) is 76.7 Å². The van der Waals surface area contributed by atoms with E-state index in [-0.39, 0.29) is 23.9 Å². The van der Waals surface area contributed by atoms with Gasteiger partial charge in [-0.2, -0.15) is 0 Å². The van der Waals surface area contributed by atoms with Crippen molar-refractivity contribution in [1.29, 1.82) is 0 Å². The Morgan fingerprint density at radius 1 is 0.583 bits per heavy atom. The second kappa shape index (κ2) is 17.6. The molecule has 0 aliphatic heterocycles. The Bertz CT molecular complexity index is 1300. The van der Waals surface area contributed by atoms with Crippen LogP contribution in [0.4, 0.5) is 0 Å². The Balaban J connectivity index is 0.000000260. The highest BCUT2D eigenvalue weighted by atomic mass is 16.6. The highest BCUT2D eigenvalue weighted by Crippen LogP contribution is 2.31. The molecule has 0 radical (unpaired) electrons. The van der Waals surface area contributed by atoms with E-state index in [2.05, 4.69) is 24.3 Å². The predicted molar refractivity (Wildman–Crippen MR) is 186 cm³/mol. The van der Waals surface area contributed by atoms with Crippen LogP contribution >= 0.6 is 0 Å². The van der Waals surface area contributed by atoms with Crippen LogP contribution in [0.3, 0.4) is 0 Å². The summed E-state index contributed by atoms with van der Waals surface area (Å²) in [5.41, 5.74) is 6.45. The Labute approximate surface area is 287 Å². The minimum atomic E-state index is -0.446. The number of hydrogen-bond donors (Lipinski definition) is 0. The maximum absolute atomic E-state index is 12.0. The lowest BCUT2D eigenvalue weighted by Crippen LogP contribution is -2.25. The van der Waals surface area contributed by atoms with Crippen molar-refractivity contribution in [2.75, 3.05) is 14.2 Å². The van der Waals surface area contributed by atoms with E-state index in [9.17, 15) is 19.2 Å². The molecular formula is C40H56O8. The van der Waals surface area contributed by atoms with Crippen molar-refractivity contribution in [2.24, 2.45) is 11.8 Å². The van der Waals surface area contributed by atoms with Crippen LogP contribution in [0.5, 0.6) is 0 Å². The van der Waals surface area contributed by atoms with Gasteiger partial charge in [0.2, 0.25) is 0 Å². The number of carbonyl (C=O) groups is 4. The van der Waals surface area contributed by atoms with Gasteiger partial charge in [0.05, 0.1) is 27.1 Å². The molecule has 0 saturated carbocycles. The first-order chi connectivity index (χ1) is 22.5. The first-order valence-electron chi connectivity index (χ1n) is 17.3. The lowest BCUT2D eigenvalue weighted by atomic mass is 9.81. The number of carbonyl (C=O) groups excluding carboxylic acids is 4. The van der Waals surface area contributed by atoms with Crippen LogP contribution in [0.15, 0.2) is 36.4 Å². The van der Waals surface area contributed by atoms with Gasteiger partial charge < -0.3 is 18.9 Å². The lowest BCUT2D eigenvalue weighted by molar-refractivity contribution is -0.155. The molecule has 2 aliphatic rings. The van der Waals surface area contributed by atoms with E-state index in [1.807, 2.05) is 53.7 Å². The summed E-state index contributed by atoms with van der Waals surface area (Å²) in [5, 5.41) is 0. The van der Waals surface area contributed by atoms with Crippen LogP contribution in [0.1, 0.15) is 113 Å². The van der Waals surface area contributed by atoms with Gasteiger partial charge in [-0.05, 0) is 138 Å². The Kier molecular flexibility index (Phi) is 14.2. The minimum Gasteiger partial charge on any atom is -0.469 e. The normalized spacial score (nSPS) is 17.1. The summed E-state index contributed by atoms with van der Waals surface area (Å²) < 4.78 is 20.2. The molecule has 8 heteroatoms. The molecule has 0 N–H and O–H groups in total. The largest absolute Gasteiger partial charge is 0.469 e. The van der Waals surface area contributed by atoms with Crippen molar-refractivity contribution in [3.8, 4) is 0 Å². The number of benzene rings is 2. The molecule has 2 aliphatic carbocycles. The van der Waals surface area contributed by atoms with Gasteiger partial charge in [0.15, 0.2) is 0 Å². The zero-order valence-electron chi connectivity index (χ0n) is 30.4. The number of hydrogen-bond acceptors (Lipinski definition) is 8. The average Bonchev–Trinajstić information content (AvgIpc) is 3.00. The van der Waals surface area contributed by atoms with Gasteiger partial charge in [-0.1, -0.05) is 36.4 Å². The molecule has 2 aromatic rings. The second-order valence-electron chi connectivity index (χ2n) is 15.2. The predicted octanol–water partition coefficient (Wildman–Crippen LogP) is 7.26. The third-order valence-corrected chi connectivity index (χ3v) is 8.71. The van der Waals surface area contributed by atoms with E-state index >= 15 is 0 Å². The van der Waals surface area contributed by atoms with Crippen LogP contribution in [0, 0.1) is 11.8 Å². The van der Waals surface area contributed by atoms with Crippen molar-refractivity contribution in [2.45, 2.75) is 130 Å². The van der Waals surface area contributed by atoms with Crippen molar-refractivity contribution < 1.29 is 38.1 Å². The standard InChI is InChI=1S/2C20H28O4/c2*1-20(2,3)24-19(22)13-15-6-9-16-11-14(5-8-17(16)12-15)7-10-18(21)23-4/h2*6,9,12,14H,5,7-8,10-11,13H2,1-4H3/t2*14-/m10/s1. The summed E-state index contributed by atoms with van der Waals surface area (Å²) in [6.07, 6.45) is 9.55. The maximum atomic E-state index is 12.0. The highest BCUT2D eigenvalue weighted by Gasteiger charge is 2.23. The van der Waals surface area contributed by atoms with E-state index in [4.69, 9.17) is 18.9 Å². The molecule has 0 fully saturated rings. The Morgan fingerprint density at radius 3 is 1.29 bits per heavy atom. The summed E-state index contributed by atoms with van der Waals surface area (Å²) >= 11 is 0. The molecule has 0 heterocycles. The molecule has 264 valence electrons. The molecule has 0 bridgehead atoms. The topological polar surface area (TPSA) is 105 Å². The molecule has 0 spiro atoms. The number of methoxy groups -OCH3 is 2. The fourth-order valence-electron chi connectivity index (χ4n) is 6.42. The fourth-order valence-corrected chi connectivity index (χ4v) is 6.42. The van der Waals surface area contributed by atoms with E-state index in [0.29, 0.717) is 37.5 Å². The number of ether oxygens (including phenoxy) is 4. The molecule has 2 aromatic carbocycles. The molecule has 4 rings (SSSR count). The smallest absolute Gasteiger partial charge is 0.310 e. The minimum absolute atomic E-state index is 0.131. The van der Waals surface area contributed by atoms with E-state index in [0.717, 1.165) is 62.5 Å². The Hall–Kier alpha value is -3.68. The van der Waals surface area contributed by atoms with Gasteiger partial charge in [-0.25, -0.2) is 0 Å². The number of aryl methyl sites for hydroxylation is 2. The van der Waals surface area contributed by atoms with Crippen molar-refractivity contribution in [3.63, 3.8) is 0 Å². The number of rotatable bonds is 10.